The highest BCUT2D eigenvalue weighted by atomic mass is 16.2. The molecule has 3 saturated carbocycles. The van der Waals surface area contributed by atoms with Crippen molar-refractivity contribution in [3.05, 3.63) is 0 Å². The van der Waals surface area contributed by atoms with Gasteiger partial charge in [0.25, 0.3) is 0 Å². The van der Waals surface area contributed by atoms with Crippen molar-refractivity contribution in [3.63, 3.8) is 0 Å². The fraction of sp³-hybridized carbons (Fsp3) is 0.935. The van der Waals surface area contributed by atoms with Gasteiger partial charge in [0.15, 0.2) is 0 Å². The minimum absolute atomic E-state index is 0.0940. The van der Waals surface area contributed by atoms with Crippen LogP contribution in [0, 0.1) is 22.7 Å². The van der Waals surface area contributed by atoms with Gasteiger partial charge in [-0.3, -0.25) is 9.59 Å². The Balaban J connectivity index is 1.37. The molecule has 0 spiro atoms. The van der Waals surface area contributed by atoms with E-state index in [1.807, 2.05) is 0 Å². The number of hydrogen-bond donors (Lipinski definition) is 3. The highest BCUT2D eigenvalue weighted by molar-refractivity contribution is 5.83. The lowest BCUT2D eigenvalue weighted by atomic mass is 9.87. The van der Waals surface area contributed by atoms with Gasteiger partial charge in [-0.1, -0.05) is 67.2 Å². The van der Waals surface area contributed by atoms with Crippen LogP contribution in [0.3, 0.4) is 0 Å². The number of likely N-dealkylation sites (tertiary alicyclic amines) is 1. The van der Waals surface area contributed by atoms with Crippen molar-refractivity contribution in [2.75, 3.05) is 13.1 Å². The Morgan fingerprint density at radius 2 is 1.24 bits per heavy atom. The summed E-state index contributed by atoms with van der Waals surface area (Å²) in [7, 11) is 0. The molecule has 3 aliphatic carbocycles. The number of nitrogens with zero attached hydrogens (tertiary/aromatic N) is 1. The zero-order chi connectivity index (χ0) is 26.8. The lowest BCUT2D eigenvalue weighted by molar-refractivity contribution is -0.133. The molecule has 212 valence electrons. The molecule has 5 atom stereocenters. The van der Waals surface area contributed by atoms with Crippen molar-refractivity contribution in [2.24, 2.45) is 22.7 Å². The molecule has 0 aromatic heterocycles. The maximum atomic E-state index is 13.8. The third-order valence-electron chi connectivity index (χ3n) is 9.33. The van der Waals surface area contributed by atoms with Gasteiger partial charge in [-0.05, 0) is 68.1 Å². The molecule has 4 rings (SSSR count). The number of nitrogens with one attached hydrogen (secondary N) is 3. The highest BCUT2D eigenvalue weighted by Crippen LogP contribution is 2.39. The molecule has 1 heterocycles. The van der Waals surface area contributed by atoms with E-state index in [2.05, 4.69) is 62.4 Å². The van der Waals surface area contributed by atoms with Crippen molar-refractivity contribution >= 4 is 11.8 Å². The van der Waals surface area contributed by atoms with E-state index in [1.54, 1.807) is 0 Å². The average Bonchev–Trinajstić information content (AvgIpc) is 3.57. The largest absolute Gasteiger partial charge is 0.352 e. The minimum atomic E-state index is -0.131. The fourth-order valence-corrected chi connectivity index (χ4v) is 7.55. The summed E-state index contributed by atoms with van der Waals surface area (Å²) in [6.07, 6.45) is 13.7. The van der Waals surface area contributed by atoms with Crippen LogP contribution in [0.25, 0.3) is 0 Å². The van der Waals surface area contributed by atoms with Crippen molar-refractivity contribution < 1.29 is 9.59 Å². The van der Waals surface area contributed by atoms with Gasteiger partial charge in [0.1, 0.15) is 0 Å². The molecule has 4 fully saturated rings. The van der Waals surface area contributed by atoms with Crippen LogP contribution in [0.5, 0.6) is 0 Å². The summed E-state index contributed by atoms with van der Waals surface area (Å²) in [4.78, 5) is 29.5. The first-order chi connectivity index (χ1) is 17.4. The van der Waals surface area contributed by atoms with Crippen molar-refractivity contribution in [3.8, 4) is 0 Å². The van der Waals surface area contributed by atoms with E-state index in [0.29, 0.717) is 23.9 Å². The summed E-state index contributed by atoms with van der Waals surface area (Å²) in [5.74, 6) is 1.36. The fourth-order valence-electron chi connectivity index (χ4n) is 7.55. The van der Waals surface area contributed by atoms with Crippen LogP contribution < -0.4 is 16.0 Å². The Morgan fingerprint density at radius 1 is 0.730 bits per heavy atom. The van der Waals surface area contributed by atoms with Crippen LogP contribution in [0.2, 0.25) is 0 Å². The van der Waals surface area contributed by atoms with Gasteiger partial charge in [-0.2, -0.15) is 0 Å². The first kappa shape index (κ1) is 28.9. The zero-order valence-electron chi connectivity index (χ0n) is 24.7. The first-order valence-corrected chi connectivity index (χ1v) is 15.5. The maximum Gasteiger partial charge on any atom is 0.239 e. The molecule has 2 amide bonds. The number of fused-ring (bicyclic) bond motifs is 1. The van der Waals surface area contributed by atoms with Crippen molar-refractivity contribution in [1.29, 1.82) is 0 Å². The number of amides is 2. The summed E-state index contributed by atoms with van der Waals surface area (Å²) in [6.45, 7) is 15.0. The summed E-state index contributed by atoms with van der Waals surface area (Å²) in [5.41, 5.74) is 0.198. The Kier molecular flexibility index (Phi) is 9.31. The second-order valence-electron chi connectivity index (χ2n) is 15.3. The molecular weight excluding hydrogens is 460 g/mol. The van der Waals surface area contributed by atoms with Crippen molar-refractivity contribution in [2.45, 2.75) is 149 Å². The van der Waals surface area contributed by atoms with Gasteiger partial charge in [-0.15, -0.1) is 0 Å². The SMILES string of the molecule is CC(C)(C)C[C@H](NC1CCCC1)C(=O)N[C@H]1CC[C@@H]2CN(C(=O)[C@H](CC(C)(C)C)NC3CCCC3)C[C@@H]21. The molecule has 6 heteroatoms. The molecule has 1 saturated heterocycles. The van der Waals surface area contributed by atoms with E-state index in [9.17, 15) is 9.59 Å². The summed E-state index contributed by atoms with van der Waals surface area (Å²) in [6, 6.07) is 0.917. The molecule has 37 heavy (non-hydrogen) atoms. The Labute approximate surface area is 226 Å². The number of carbonyl (C=O) groups excluding carboxylic acids is 2. The molecule has 3 N–H and O–H groups in total. The van der Waals surface area contributed by atoms with E-state index < -0.39 is 0 Å². The Bertz CT molecular complexity index is 773. The number of hydrogen-bond acceptors (Lipinski definition) is 4. The van der Waals surface area contributed by atoms with E-state index in [4.69, 9.17) is 0 Å². The predicted molar refractivity (Wildman–Crippen MR) is 151 cm³/mol. The minimum Gasteiger partial charge on any atom is -0.352 e. The molecule has 0 unspecified atom stereocenters. The summed E-state index contributed by atoms with van der Waals surface area (Å²) in [5, 5.41) is 11.0. The monoisotopic (exact) mass is 516 g/mol. The smallest absolute Gasteiger partial charge is 0.239 e. The topological polar surface area (TPSA) is 73.5 Å². The van der Waals surface area contributed by atoms with E-state index in [1.165, 1.54) is 51.4 Å². The van der Waals surface area contributed by atoms with Crippen molar-refractivity contribution in [1.82, 2.24) is 20.9 Å². The molecule has 0 aromatic rings. The predicted octanol–water partition coefficient (Wildman–Crippen LogP) is 5.01. The van der Waals surface area contributed by atoms with Gasteiger partial charge in [0, 0.05) is 37.1 Å². The quantitative estimate of drug-likeness (QED) is 0.403. The van der Waals surface area contributed by atoms with Crippen LogP contribution in [-0.2, 0) is 9.59 Å². The normalized spacial score (nSPS) is 29.0. The second-order valence-corrected chi connectivity index (χ2v) is 15.3. The standard InChI is InChI=1S/C31H56N4O2/c1-30(2,3)17-26(32-22-11-7-8-12-22)28(36)34-25-16-15-21-19-35(20-24(21)25)29(37)27(18-31(4,5)6)33-23-13-9-10-14-23/h21-27,32-33H,7-20H2,1-6H3,(H,34,36)/t21-,24+,25+,26+,27+/m1/s1. The molecule has 0 radical (unpaired) electrons. The van der Waals surface area contributed by atoms with Crippen LogP contribution in [0.1, 0.15) is 119 Å². The Hall–Kier alpha value is -1.14. The van der Waals surface area contributed by atoms with Gasteiger partial charge < -0.3 is 20.9 Å². The van der Waals surface area contributed by atoms with Gasteiger partial charge in [0.05, 0.1) is 12.1 Å². The number of rotatable bonds is 9. The molecule has 0 bridgehead atoms. The molecule has 6 nitrogen and oxygen atoms in total. The summed E-state index contributed by atoms with van der Waals surface area (Å²) < 4.78 is 0. The highest BCUT2D eigenvalue weighted by Gasteiger charge is 2.46. The first-order valence-electron chi connectivity index (χ1n) is 15.5. The molecule has 1 aliphatic heterocycles. The maximum absolute atomic E-state index is 13.8. The molecular formula is C31H56N4O2. The Morgan fingerprint density at radius 3 is 1.78 bits per heavy atom. The lowest BCUT2D eigenvalue weighted by Crippen LogP contribution is -2.53. The second kappa shape index (κ2) is 11.9. The van der Waals surface area contributed by atoms with Crippen LogP contribution in [-0.4, -0.2) is 60.0 Å². The van der Waals surface area contributed by atoms with Crippen LogP contribution >= 0.6 is 0 Å². The third kappa shape index (κ3) is 8.17. The number of carbonyl (C=O) groups is 2. The van der Waals surface area contributed by atoms with Gasteiger partial charge >= 0.3 is 0 Å². The van der Waals surface area contributed by atoms with E-state index in [-0.39, 0.29) is 40.8 Å². The molecule has 4 aliphatic rings. The summed E-state index contributed by atoms with van der Waals surface area (Å²) >= 11 is 0. The average molecular weight is 517 g/mol. The van der Waals surface area contributed by atoms with Gasteiger partial charge in [-0.25, -0.2) is 0 Å². The lowest BCUT2D eigenvalue weighted by Gasteiger charge is -2.32. The molecule has 0 aromatic carbocycles. The van der Waals surface area contributed by atoms with E-state index >= 15 is 0 Å². The van der Waals surface area contributed by atoms with Crippen LogP contribution in [0.4, 0.5) is 0 Å². The zero-order valence-corrected chi connectivity index (χ0v) is 24.7. The third-order valence-corrected chi connectivity index (χ3v) is 9.33. The van der Waals surface area contributed by atoms with Gasteiger partial charge in [0.2, 0.25) is 11.8 Å². The van der Waals surface area contributed by atoms with Crippen LogP contribution in [0.15, 0.2) is 0 Å². The van der Waals surface area contributed by atoms with E-state index in [0.717, 1.165) is 38.8 Å².